The van der Waals surface area contributed by atoms with Gasteiger partial charge in [0.1, 0.15) is 5.76 Å². The molecule has 0 atom stereocenters. The van der Waals surface area contributed by atoms with Crippen LogP contribution in [-0.4, -0.2) is 0 Å². The average Bonchev–Trinajstić information content (AvgIpc) is 2.78. The minimum absolute atomic E-state index is 0.445. The van der Waals surface area contributed by atoms with Crippen molar-refractivity contribution in [2.75, 3.05) is 0 Å². The van der Waals surface area contributed by atoms with Crippen molar-refractivity contribution in [3.8, 4) is 11.1 Å². The van der Waals surface area contributed by atoms with Crippen molar-refractivity contribution in [1.29, 1.82) is 0 Å². The largest absolute Gasteiger partial charge is 0.467 e. The van der Waals surface area contributed by atoms with E-state index in [2.05, 4.69) is 31.2 Å². The lowest BCUT2D eigenvalue weighted by atomic mass is 10.0. The third-order valence-electron chi connectivity index (χ3n) is 2.71. The van der Waals surface area contributed by atoms with E-state index in [0.717, 1.165) is 17.7 Å². The zero-order valence-corrected chi connectivity index (χ0v) is 9.57. The van der Waals surface area contributed by atoms with Crippen molar-refractivity contribution in [2.45, 2.75) is 26.3 Å². The van der Waals surface area contributed by atoms with Crippen molar-refractivity contribution >= 4 is 0 Å². The maximum atomic E-state index is 5.64. The van der Waals surface area contributed by atoms with E-state index in [1.54, 1.807) is 6.26 Å². The third kappa shape index (κ3) is 2.17. The molecule has 2 N–H and O–H groups in total. The molecule has 0 bridgehead atoms. The second kappa shape index (κ2) is 4.99. The predicted octanol–water partition coefficient (Wildman–Crippen LogP) is 3.36. The number of hydrogen-bond acceptors (Lipinski definition) is 2. The Morgan fingerprint density at radius 2 is 2.12 bits per heavy atom. The molecular formula is C14H17NO. The van der Waals surface area contributed by atoms with Gasteiger partial charge in [-0.25, -0.2) is 0 Å². The molecule has 84 valence electrons. The van der Waals surface area contributed by atoms with Gasteiger partial charge in [-0.05, 0) is 23.6 Å². The van der Waals surface area contributed by atoms with E-state index >= 15 is 0 Å². The first kappa shape index (κ1) is 11.0. The number of hydrogen-bond donors (Lipinski definition) is 1. The van der Waals surface area contributed by atoms with Crippen molar-refractivity contribution in [3.63, 3.8) is 0 Å². The monoisotopic (exact) mass is 215 g/mol. The quantitative estimate of drug-likeness (QED) is 0.849. The molecule has 0 aliphatic rings. The lowest BCUT2D eigenvalue weighted by Crippen LogP contribution is -1.96. The number of aryl methyl sites for hydroxylation is 1. The first-order chi connectivity index (χ1) is 7.85. The van der Waals surface area contributed by atoms with Crippen LogP contribution in [0, 0.1) is 0 Å². The Kier molecular flexibility index (Phi) is 3.42. The normalized spacial score (nSPS) is 10.6. The summed E-state index contributed by atoms with van der Waals surface area (Å²) in [5.74, 6) is 0.855. The van der Waals surface area contributed by atoms with Crippen LogP contribution in [0.3, 0.4) is 0 Å². The number of benzene rings is 1. The van der Waals surface area contributed by atoms with Crippen LogP contribution < -0.4 is 5.73 Å². The van der Waals surface area contributed by atoms with Crippen LogP contribution in [0.25, 0.3) is 11.1 Å². The molecule has 16 heavy (non-hydrogen) atoms. The SMILES string of the molecule is CCCc1cccc(-c2ccoc2CN)c1. The minimum Gasteiger partial charge on any atom is -0.467 e. The molecule has 2 aromatic rings. The van der Waals surface area contributed by atoms with Crippen LogP contribution in [0.2, 0.25) is 0 Å². The minimum atomic E-state index is 0.445. The molecule has 1 aromatic carbocycles. The zero-order valence-electron chi connectivity index (χ0n) is 9.57. The summed E-state index contributed by atoms with van der Waals surface area (Å²) in [5, 5.41) is 0. The molecule has 0 fully saturated rings. The molecule has 0 aliphatic heterocycles. The molecule has 0 spiro atoms. The molecule has 0 aliphatic carbocycles. The Morgan fingerprint density at radius 3 is 2.88 bits per heavy atom. The van der Waals surface area contributed by atoms with Gasteiger partial charge in [0.15, 0.2) is 0 Å². The van der Waals surface area contributed by atoms with Gasteiger partial charge in [-0.3, -0.25) is 0 Å². The summed E-state index contributed by atoms with van der Waals surface area (Å²) in [6, 6.07) is 10.5. The average molecular weight is 215 g/mol. The molecule has 0 saturated heterocycles. The molecule has 2 heteroatoms. The summed E-state index contributed by atoms with van der Waals surface area (Å²) < 4.78 is 5.34. The molecular weight excluding hydrogens is 198 g/mol. The zero-order chi connectivity index (χ0) is 11.4. The highest BCUT2D eigenvalue weighted by molar-refractivity contribution is 5.66. The van der Waals surface area contributed by atoms with E-state index in [1.807, 2.05) is 6.07 Å². The Bertz CT molecular complexity index is 459. The second-order valence-electron chi connectivity index (χ2n) is 3.91. The van der Waals surface area contributed by atoms with Gasteiger partial charge in [-0.1, -0.05) is 37.6 Å². The Morgan fingerprint density at radius 1 is 1.25 bits per heavy atom. The Balaban J connectivity index is 2.36. The van der Waals surface area contributed by atoms with E-state index in [9.17, 15) is 0 Å². The van der Waals surface area contributed by atoms with Gasteiger partial charge in [0.05, 0.1) is 12.8 Å². The van der Waals surface area contributed by atoms with Crippen molar-refractivity contribution in [2.24, 2.45) is 5.73 Å². The fraction of sp³-hybridized carbons (Fsp3) is 0.286. The molecule has 0 saturated carbocycles. The van der Waals surface area contributed by atoms with Crippen LogP contribution in [-0.2, 0) is 13.0 Å². The first-order valence-corrected chi connectivity index (χ1v) is 5.71. The first-order valence-electron chi connectivity index (χ1n) is 5.71. The standard InChI is InChI=1S/C14H17NO/c1-2-4-11-5-3-6-12(9-11)13-7-8-16-14(13)10-15/h3,5-9H,2,4,10,15H2,1H3. The van der Waals surface area contributed by atoms with Crippen LogP contribution in [0.4, 0.5) is 0 Å². The van der Waals surface area contributed by atoms with E-state index in [1.165, 1.54) is 17.5 Å². The maximum absolute atomic E-state index is 5.64. The van der Waals surface area contributed by atoms with Gasteiger partial charge in [0, 0.05) is 5.56 Å². The van der Waals surface area contributed by atoms with Crippen molar-refractivity contribution in [3.05, 3.63) is 47.9 Å². The molecule has 0 radical (unpaired) electrons. The van der Waals surface area contributed by atoms with Gasteiger partial charge in [0.25, 0.3) is 0 Å². The second-order valence-corrected chi connectivity index (χ2v) is 3.91. The highest BCUT2D eigenvalue weighted by atomic mass is 16.3. The van der Waals surface area contributed by atoms with E-state index < -0.39 is 0 Å². The van der Waals surface area contributed by atoms with Crippen LogP contribution in [0.15, 0.2) is 41.0 Å². The van der Waals surface area contributed by atoms with Crippen molar-refractivity contribution < 1.29 is 4.42 Å². The maximum Gasteiger partial charge on any atom is 0.125 e. The van der Waals surface area contributed by atoms with Gasteiger partial charge in [0.2, 0.25) is 0 Å². The summed E-state index contributed by atoms with van der Waals surface area (Å²) in [6.45, 7) is 2.64. The fourth-order valence-corrected chi connectivity index (χ4v) is 1.94. The predicted molar refractivity (Wildman–Crippen MR) is 66.0 cm³/mol. The highest BCUT2D eigenvalue weighted by Crippen LogP contribution is 2.25. The fourth-order valence-electron chi connectivity index (χ4n) is 1.94. The number of nitrogens with two attached hydrogens (primary N) is 1. The lowest BCUT2D eigenvalue weighted by molar-refractivity contribution is 0.513. The summed E-state index contributed by atoms with van der Waals surface area (Å²) >= 11 is 0. The summed E-state index contributed by atoms with van der Waals surface area (Å²) in [5.41, 5.74) is 9.31. The van der Waals surface area contributed by atoms with Crippen LogP contribution in [0.1, 0.15) is 24.7 Å². The molecule has 1 heterocycles. The van der Waals surface area contributed by atoms with Gasteiger partial charge >= 0.3 is 0 Å². The lowest BCUT2D eigenvalue weighted by Gasteiger charge is -2.04. The topological polar surface area (TPSA) is 39.2 Å². The van der Waals surface area contributed by atoms with Crippen LogP contribution >= 0.6 is 0 Å². The smallest absolute Gasteiger partial charge is 0.125 e. The Labute approximate surface area is 96.1 Å². The van der Waals surface area contributed by atoms with Gasteiger partial charge < -0.3 is 10.2 Å². The summed E-state index contributed by atoms with van der Waals surface area (Å²) in [4.78, 5) is 0. The Hall–Kier alpha value is -1.54. The van der Waals surface area contributed by atoms with Gasteiger partial charge in [-0.15, -0.1) is 0 Å². The van der Waals surface area contributed by atoms with Gasteiger partial charge in [-0.2, -0.15) is 0 Å². The molecule has 0 amide bonds. The number of furan rings is 1. The molecule has 2 nitrogen and oxygen atoms in total. The number of rotatable bonds is 4. The van der Waals surface area contributed by atoms with E-state index in [0.29, 0.717) is 6.54 Å². The van der Waals surface area contributed by atoms with Crippen LogP contribution in [0.5, 0.6) is 0 Å². The highest BCUT2D eigenvalue weighted by Gasteiger charge is 2.07. The van der Waals surface area contributed by atoms with Crippen molar-refractivity contribution in [1.82, 2.24) is 0 Å². The van der Waals surface area contributed by atoms with E-state index in [4.69, 9.17) is 10.2 Å². The summed E-state index contributed by atoms with van der Waals surface area (Å²) in [6.07, 6.45) is 3.98. The summed E-state index contributed by atoms with van der Waals surface area (Å²) in [7, 11) is 0. The third-order valence-corrected chi connectivity index (χ3v) is 2.71. The molecule has 0 unspecified atom stereocenters. The molecule has 2 rings (SSSR count). The van der Waals surface area contributed by atoms with E-state index in [-0.39, 0.29) is 0 Å². The molecule has 1 aromatic heterocycles.